The number of hydrogen-bond acceptors (Lipinski definition) is 4. The van der Waals surface area contributed by atoms with Crippen molar-refractivity contribution < 1.29 is 24.2 Å². The Balaban J connectivity index is 1.57. The molecule has 2 N–H and O–H groups in total. The van der Waals surface area contributed by atoms with Gasteiger partial charge in [-0.15, -0.1) is 0 Å². The lowest BCUT2D eigenvalue weighted by molar-refractivity contribution is -0.147. The molecule has 34 heavy (non-hydrogen) atoms. The number of anilines is 1. The quantitative estimate of drug-likeness (QED) is 0.471. The average Bonchev–Trinajstić information content (AvgIpc) is 3.37. The zero-order chi connectivity index (χ0) is 23.9. The number of carbonyl (C=O) groups is 2. The molecule has 2 aliphatic rings. The van der Waals surface area contributed by atoms with E-state index < -0.39 is 17.8 Å². The van der Waals surface area contributed by atoms with Crippen molar-refractivity contribution in [3.8, 4) is 16.9 Å². The van der Waals surface area contributed by atoms with Gasteiger partial charge in [0.15, 0.2) is 0 Å². The summed E-state index contributed by atoms with van der Waals surface area (Å²) < 4.78 is 11.9. The van der Waals surface area contributed by atoms with Gasteiger partial charge in [0.05, 0.1) is 31.2 Å². The maximum absolute atomic E-state index is 13.0. The lowest BCUT2D eigenvalue weighted by atomic mass is 9.78. The number of nitrogens with one attached hydrogen (secondary N) is 1. The van der Waals surface area contributed by atoms with Gasteiger partial charge in [-0.1, -0.05) is 43.9 Å². The predicted molar refractivity (Wildman–Crippen MR) is 132 cm³/mol. The normalized spacial score (nSPS) is 20.7. The molecule has 1 amide bonds. The second kappa shape index (κ2) is 11.5. The minimum absolute atomic E-state index is 0.208. The average molecular weight is 466 g/mol. The van der Waals surface area contributed by atoms with Gasteiger partial charge in [-0.2, -0.15) is 0 Å². The first-order chi connectivity index (χ1) is 16.5. The summed E-state index contributed by atoms with van der Waals surface area (Å²) >= 11 is 0. The van der Waals surface area contributed by atoms with Crippen LogP contribution in [0.5, 0.6) is 5.75 Å². The van der Waals surface area contributed by atoms with E-state index in [1.807, 2.05) is 43.3 Å². The Bertz CT molecular complexity index is 998. The Hall–Kier alpha value is -2.86. The number of benzene rings is 2. The first-order valence-electron chi connectivity index (χ1n) is 12.6. The van der Waals surface area contributed by atoms with Crippen LogP contribution >= 0.6 is 0 Å². The minimum Gasteiger partial charge on any atom is -0.494 e. The third kappa shape index (κ3) is 5.98. The summed E-state index contributed by atoms with van der Waals surface area (Å²) in [5.41, 5.74) is 3.75. The molecule has 2 atom stereocenters. The summed E-state index contributed by atoms with van der Waals surface area (Å²) in [5, 5.41) is 12.6. The lowest BCUT2D eigenvalue weighted by Gasteiger charge is -2.27. The van der Waals surface area contributed by atoms with E-state index >= 15 is 0 Å². The molecule has 0 saturated heterocycles. The molecule has 2 fully saturated rings. The van der Waals surface area contributed by atoms with Gasteiger partial charge in [-0.05, 0) is 73.6 Å². The van der Waals surface area contributed by atoms with Crippen LogP contribution in [0.4, 0.5) is 5.69 Å². The molecule has 0 radical (unpaired) electrons. The summed E-state index contributed by atoms with van der Waals surface area (Å²) in [4.78, 5) is 24.7. The van der Waals surface area contributed by atoms with Gasteiger partial charge in [0.2, 0.25) is 5.91 Å². The fraction of sp³-hybridized carbons (Fsp3) is 0.500. The van der Waals surface area contributed by atoms with Gasteiger partial charge >= 0.3 is 5.97 Å². The summed E-state index contributed by atoms with van der Waals surface area (Å²) in [6.07, 6.45) is 7.78. The summed E-state index contributed by atoms with van der Waals surface area (Å²) in [6, 6.07) is 13.9. The number of amides is 1. The molecule has 6 heteroatoms. The Labute approximate surface area is 201 Å². The van der Waals surface area contributed by atoms with Gasteiger partial charge < -0.3 is 19.9 Å². The van der Waals surface area contributed by atoms with E-state index in [0.29, 0.717) is 31.7 Å². The van der Waals surface area contributed by atoms with Crippen molar-refractivity contribution in [1.82, 2.24) is 0 Å². The van der Waals surface area contributed by atoms with Crippen molar-refractivity contribution >= 4 is 17.6 Å². The standard InChI is InChI=1S/C28H35NO5/c1-2-33-23-11-7-8-19(17-23)24-15-14-21(16-20(24)18-34-22-9-3-4-10-22)29-27(30)25-12-5-6-13-26(25)28(31)32/h7-8,11,14-17,22,25-26H,2-6,9-10,12-13,18H2,1H3,(H,29,30)(H,31,32)/t25-,26-/m0/s1. The molecule has 0 heterocycles. The van der Waals surface area contributed by atoms with E-state index in [-0.39, 0.29) is 12.0 Å². The summed E-state index contributed by atoms with van der Waals surface area (Å²) in [5.74, 6) is -1.38. The van der Waals surface area contributed by atoms with Crippen LogP contribution in [0.25, 0.3) is 11.1 Å². The number of hydrogen-bond donors (Lipinski definition) is 2. The molecule has 0 spiro atoms. The van der Waals surface area contributed by atoms with Gasteiger partial charge in [0.25, 0.3) is 0 Å². The van der Waals surface area contributed by atoms with Gasteiger partial charge in [-0.25, -0.2) is 0 Å². The minimum atomic E-state index is -0.880. The molecule has 2 aromatic rings. The summed E-state index contributed by atoms with van der Waals surface area (Å²) in [7, 11) is 0. The molecule has 0 bridgehead atoms. The Morgan fingerprint density at radius 2 is 1.71 bits per heavy atom. The van der Waals surface area contributed by atoms with Crippen molar-refractivity contribution in [2.45, 2.75) is 71.0 Å². The topological polar surface area (TPSA) is 84.9 Å². The first kappa shape index (κ1) is 24.3. The molecular formula is C28H35NO5. The SMILES string of the molecule is CCOc1cccc(-c2ccc(NC(=O)[C@H]3CCCC[C@@H]3C(=O)O)cc2COC2CCCC2)c1. The predicted octanol–water partition coefficient (Wildman–Crippen LogP) is 6.04. The van der Waals surface area contributed by atoms with E-state index in [2.05, 4.69) is 11.4 Å². The molecule has 2 aromatic carbocycles. The third-order valence-corrected chi connectivity index (χ3v) is 7.03. The Morgan fingerprint density at radius 3 is 2.44 bits per heavy atom. The van der Waals surface area contributed by atoms with Crippen LogP contribution in [-0.2, 0) is 20.9 Å². The zero-order valence-corrected chi connectivity index (χ0v) is 19.9. The number of carboxylic acid groups (broad SMARTS) is 1. The van der Waals surface area contributed by atoms with Crippen LogP contribution in [-0.4, -0.2) is 29.7 Å². The summed E-state index contributed by atoms with van der Waals surface area (Å²) in [6.45, 7) is 3.03. The fourth-order valence-corrected chi connectivity index (χ4v) is 5.23. The molecular weight excluding hydrogens is 430 g/mol. The monoisotopic (exact) mass is 465 g/mol. The van der Waals surface area contributed by atoms with Crippen molar-refractivity contribution in [3.05, 3.63) is 48.0 Å². The van der Waals surface area contributed by atoms with Crippen molar-refractivity contribution in [3.63, 3.8) is 0 Å². The second-order valence-corrected chi connectivity index (χ2v) is 9.38. The Kier molecular flexibility index (Phi) is 8.22. The highest BCUT2D eigenvalue weighted by atomic mass is 16.5. The van der Waals surface area contributed by atoms with E-state index in [4.69, 9.17) is 9.47 Å². The molecule has 6 nitrogen and oxygen atoms in total. The maximum atomic E-state index is 13.0. The van der Waals surface area contributed by atoms with E-state index in [1.165, 1.54) is 12.8 Å². The van der Waals surface area contributed by atoms with Crippen molar-refractivity contribution in [2.75, 3.05) is 11.9 Å². The Morgan fingerprint density at radius 1 is 0.971 bits per heavy atom. The number of carboxylic acids is 1. The highest BCUT2D eigenvalue weighted by molar-refractivity contribution is 5.95. The van der Waals surface area contributed by atoms with Crippen molar-refractivity contribution in [2.24, 2.45) is 11.8 Å². The molecule has 0 aliphatic heterocycles. The van der Waals surface area contributed by atoms with Crippen LogP contribution in [0.1, 0.15) is 63.9 Å². The van der Waals surface area contributed by atoms with Gasteiger partial charge in [-0.3, -0.25) is 9.59 Å². The zero-order valence-electron chi connectivity index (χ0n) is 19.9. The maximum Gasteiger partial charge on any atom is 0.307 e. The first-order valence-corrected chi connectivity index (χ1v) is 12.6. The molecule has 0 unspecified atom stereocenters. The molecule has 182 valence electrons. The van der Waals surface area contributed by atoms with E-state index in [9.17, 15) is 14.7 Å². The van der Waals surface area contributed by atoms with Crippen LogP contribution < -0.4 is 10.1 Å². The molecule has 2 aliphatic carbocycles. The van der Waals surface area contributed by atoms with Crippen molar-refractivity contribution in [1.29, 1.82) is 0 Å². The number of aliphatic carboxylic acids is 1. The van der Waals surface area contributed by atoms with Gasteiger partial charge in [0.1, 0.15) is 5.75 Å². The fourth-order valence-electron chi connectivity index (χ4n) is 5.23. The highest BCUT2D eigenvalue weighted by Gasteiger charge is 2.35. The highest BCUT2D eigenvalue weighted by Crippen LogP contribution is 2.34. The molecule has 4 rings (SSSR count). The number of ether oxygens (including phenoxy) is 2. The van der Waals surface area contributed by atoms with E-state index in [0.717, 1.165) is 48.1 Å². The van der Waals surface area contributed by atoms with Crippen LogP contribution in [0.2, 0.25) is 0 Å². The smallest absolute Gasteiger partial charge is 0.307 e. The van der Waals surface area contributed by atoms with Gasteiger partial charge in [0, 0.05) is 5.69 Å². The number of carbonyl (C=O) groups excluding carboxylic acids is 1. The van der Waals surface area contributed by atoms with Crippen LogP contribution in [0.3, 0.4) is 0 Å². The molecule has 2 saturated carbocycles. The molecule has 0 aromatic heterocycles. The largest absolute Gasteiger partial charge is 0.494 e. The number of rotatable bonds is 9. The van der Waals surface area contributed by atoms with E-state index in [1.54, 1.807) is 0 Å². The lowest BCUT2D eigenvalue weighted by Crippen LogP contribution is -2.36. The third-order valence-electron chi connectivity index (χ3n) is 7.03. The van der Waals surface area contributed by atoms with Crippen LogP contribution in [0, 0.1) is 11.8 Å². The van der Waals surface area contributed by atoms with Crippen LogP contribution in [0.15, 0.2) is 42.5 Å². The second-order valence-electron chi connectivity index (χ2n) is 9.38.